The second-order valence-electron chi connectivity index (χ2n) is 6.05. The predicted molar refractivity (Wildman–Crippen MR) is 103 cm³/mol. The molecule has 1 N–H and O–H groups in total. The zero-order valence-electron chi connectivity index (χ0n) is 16.0. The number of benzene rings is 2. The number of aromatic nitrogens is 2. The van der Waals surface area contributed by atoms with Gasteiger partial charge < -0.3 is 27.2 Å². The van der Waals surface area contributed by atoms with Crippen LogP contribution in [0.15, 0.2) is 61.1 Å². The van der Waals surface area contributed by atoms with Crippen LogP contribution in [-0.4, -0.2) is 25.1 Å². The van der Waals surface area contributed by atoms with Crippen LogP contribution >= 0.6 is 0 Å². The summed E-state index contributed by atoms with van der Waals surface area (Å²) in [5.74, 6) is 1.21. The van der Waals surface area contributed by atoms with Crippen molar-refractivity contribution in [3.8, 4) is 22.8 Å². The molecule has 3 aromatic rings. The fourth-order valence-corrected chi connectivity index (χ4v) is 2.71. The molecule has 0 radical (unpaired) electrons. The molecule has 0 saturated carbocycles. The maximum atomic E-state index is 12.3. The number of carbonyl (C=O) groups excluding carboxylic acids is 1. The Balaban J connectivity index is 0.00000280. The van der Waals surface area contributed by atoms with Crippen LogP contribution in [0, 0.1) is 6.92 Å². The number of nitrogens with zero attached hydrogens (tertiary/aromatic N) is 2. The molecule has 1 amide bonds. The predicted octanol–water partition coefficient (Wildman–Crippen LogP) is 0.00442. The van der Waals surface area contributed by atoms with Gasteiger partial charge in [0.1, 0.15) is 0 Å². The summed E-state index contributed by atoms with van der Waals surface area (Å²) in [5, 5.41) is 2.91. The molecule has 0 aliphatic rings. The first kappa shape index (κ1) is 21.2. The molecular formula is C21H22ClN3O3. The van der Waals surface area contributed by atoms with Gasteiger partial charge in [-0.05, 0) is 41.7 Å². The van der Waals surface area contributed by atoms with E-state index in [2.05, 4.69) is 10.3 Å². The van der Waals surface area contributed by atoms with E-state index in [4.69, 9.17) is 9.47 Å². The molecule has 0 saturated heterocycles. The number of amides is 1. The van der Waals surface area contributed by atoms with Gasteiger partial charge in [-0.2, -0.15) is 0 Å². The number of nitrogens with one attached hydrogen (secondary N) is 1. The first-order valence-corrected chi connectivity index (χ1v) is 8.53. The molecule has 0 bridgehead atoms. The highest BCUT2D eigenvalue weighted by Crippen LogP contribution is 2.31. The quantitative estimate of drug-likeness (QED) is 0.593. The Kier molecular flexibility index (Phi) is 7.35. The van der Waals surface area contributed by atoms with E-state index in [1.54, 1.807) is 25.1 Å². The summed E-state index contributed by atoms with van der Waals surface area (Å²) in [4.78, 5) is 16.7. The summed E-state index contributed by atoms with van der Waals surface area (Å²) in [5.41, 5.74) is 3.53. The van der Waals surface area contributed by atoms with Crippen molar-refractivity contribution in [3.63, 3.8) is 0 Å². The maximum Gasteiger partial charge on any atom is 0.287 e. The zero-order chi connectivity index (χ0) is 19.2. The Labute approximate surface area is 170 Å². The summed E-state index contributed by atoms with van der Waals surface area (Å²) in [6, 6.07) is 15.2. The van der Waals surface area contributed by atoms with Gasteiger partial charge >= 0.3 is 0 Å². The lowest BCUT2D eigenvalue weighted by atomic mass is 10.1. The van der Waals surface area contributed by atoms with Gasteiger partial charge in [0.05, 0.1) is 20.4 Å². The van der Waals surface area contributed by atoms with Crippen LogP contribution in [0.4, 0.5) is 5.69 Å². The normalized spacial score (nSPS) is 9.96. The summed E-state index contributed by atoms with van der Waals surface area (Å²) in [7, 11) is 3.20. The molecular weight excluding hydrogens is 378 g/mol. The monoisotopic (exact) mass is 399 g/mol. The molecule has 0 spiro atoms. The highest BCUT2D eigenvalue weighted by molar-refractivity contribution is 5.90. The molecule has 0 unspecified atom stereocenters. The molecule has 146 valence electrons. The molecule has 7 heteroatoms. The lowest BCUT2D eigenvalue weighted by Crippen LogP contribution is -3.00. The summed E-state index contributed by atoms with van der Waals surface area (Å²) >= 11 is 0. The van der Waals surface area contributed by atoms with Crippen molar-refractivity contribution in [2.24, 2.45) is 0 Å². The second kappa shape index (κ2) is 9.71. The lowest BCUT2D eigenvalue weighted by molar-refractivity contribution is -0.686. The SMILES string of the molecule is COc1ccc(-c2cc[n+](CC(=O)Nc3ccccc3C)cn2)cc1OC.[Cl-]. The van der Waals surface area contributed by atoms with Gasteiger partial charge in [-0.25, -0.2) is 4.57 Å². The molecule has 0 atom stereocenters. The van der Waals surface area contributed by atoms with E-state index in [0.717, 1.165) is 22.5 Å². The van der Waals surface area contributed by atoms with Crippen LogP contribution in [0.25, 0.3) is 11.3 Å². The maximum absolute atomic E-state index is 12.3. The molecule has 3 rings (SSSR count). The number of anilines is 1. The van der Waals surface area contributed by atoms with Gasteiger partial charge in [-0.15, -0.1) is 0 Å². The van der Waals surface area contributed by atoms with Crippen molar-refractivity contribution >= 4 is 11.6 Å². The van der Waals surface area contributed by atoms with Crippen molar-refractivity contribution in [1.82, 2.24) is 4.98 Å². The summed E-state index contributed by atoms with van der Waals surface area (Å²) in [6.07, 6.45) is 3.47. The van der Waals surface area contributed by atoms with Crippen LogP contribution < -0.4 is 31.8 Å². The number of rotatable bonds is 6. The number of halogens is 1. The van der Waals surface area contributed by atoms with Crippen molar-refractivity contribution in [1.29, 1.82) is 0 Å². The Bertz CT molecular complexity index is 946. The van der Waals surface area contributed by atoms with E-state index in [-0.39, 0.29) is 24.9 Å². The van der Waals surface area contributed by atoms with Crippen LogP contribution in [0.3, 0.4) is 0 Å². The fourth-order valence-electron chi connectivity index (χ4n) is 2.71. The summed E-state index contributed by atoms with van der Waals surface area (Å²) in [6.45, 7) is 2.15. The third kappa shape index (κ3) is 4.98. The molecule has 2 aromatic carbocycles. The molecule has 28 heavy (non-hydrogen) atoms. The van der Waals surface area contributed by atoms with Gasteiger partial charge in [0.15, 0.2) is 23.7 Å². The fraction of sp³-hybridized carbons (Fsp3) is 0.190. The number of hydrogen-bond acceptors (Lipinski definition) is 4. The van der Waals surface area contributed by atoms with Crippen molar-refractivity contribution in [2.75, 3.05) is 19.5 Å². The van der Waals surface area contributed by atoms with Gasteiger partial charge in [-0.1, -0.05) is 18.2 Å². The average Bonchev–Trinajstić information content (AvgIpc) is 2.69. The van der Waals surface area contributed by atoms with E-state index in [0.29, 0.717) is 11.5 Å². The third-order valence-corrected chi connectivity index (χ3v) is 4.19. The number of carbonyl (C=O) groups is 1. The topological polar surface area (TPSA) is 64.3 Å². The Hall–Kier alpha value is -3.12. The van der Waals surface area contributed by atoms with Crippen LogP contribution in [0.5, 0.6) is 11.5 Å². The lowest BCUT2D eigenvalue weighted by Gasteiger charge is -2.08. The second-order valence-corrected chi connectivity index (χ2v) is 6.05. The van der Waals surface area contributed by atoms with Gasteiger partial charge in [0, 0.05) is 17.3 Å². The van der Waals surface area contributed by atoms with E-state index >= 15 is 0 Å². The van der Waals surface area contributed by atoms with Crippen LogP contribution in [-0.2, 0) is 11.3 Å². The van der Waals surface area contributed by atoms with E-state index in [1.165, 1.54) is 0 Å². The first-order valence-electron chi connectivity index (χ1n) is 8.53. The smallest absolute Gasteiger partial charge is 0.287 e. The minimum absolute atomic E-state index is 0. The van der Waals surface area contributed by atoms with Gasteiger partial charge in [0.25, 0.3) is 12.2 Å². The molecule has 0 aliphatic heterocycles. The Morgan fingerprint density at radius 3 is 2.46 bits per heavy atom. The van der Waals surface area contributed by atoms with Crippen LogP contribution in [0.1, 0.15) is 5.56 Å². The molecule has 0 aliphatic carbocycles. The summed E-state index contributed by atoms with van der Waals surface area (Å²) < 4.78 is 12.3. The van der Waals surface area contributed by atoms with Crippen molar-refractivity contribution in [3.05, 3.63) is 66.6 Å². The van der Waals surface area contributed by atoms with E-state index in [9.17, 15) is 4.79 Å². The average molecular weight is 400 g/mol. The number of aryl methyl sites for hydroxylation is 1. The van der Waals surface area contributed by atoms with Crippen molar-refractivity contribution < 1.29 is 31.2 Å². The number of methoxy groups -OCH3 is 2. The van der Waals surface area contributed by atoms with Crippen molar-refractivity contribution in [2.45, 2.75) is 13.5 Å². The van der Waals surface area contributed by atoms with Crippen LogP contribution in [0.2, 0.25) is 0 Å². The minimum atomic E-state index is -0.102. The first-order chi connectivity index (χ1) is 13.1. The standard InChI is InChI=1S/C21H21N3O3.ClH/c1-15-6-4-5-7-17(15)23-21(25)13-24-11-10-18(22-14-24)16-8-9-19(26-2)20(12-16)27-3;/h4-12,14H,13H2,1-3H3;1H. The molecule has 1 aromatic heterocycles. The minimum Gasteiger partial charge on any atom is -1.00 e. The molecule has 1 heterocycles. The number of hydrogen-bond donors (Lipinski definition) is 1. The number of para-hydroxylation sites is 1. The van der Waals surface area contributed by atoms with Gasteiger partial charge in [0.2, 0.25) is 0 Å². The molecule has 6 nitrogen and oxygen atoms in total. The van der Waals surface area contributed by atoms with Gasteiger partial charge in [-0.3, -0.25) is 4.79 Å². The zero-order valence-corrected chi connectivity index (χ0v) is 16.7. The number of ether oxygens (including phenoxy) is 2. The third-order valence-electron chi connectivity index (χ3n) is 4.19. The largest absolute Gasteiger partial charge is 1.00 e. The van der Waals surface area contributed by atoms with E-state index < -0.39 is 0 Å². The highest BCUT2D eigenvalue weighted by atomic mass is 35.5. The highest BCUT2D eigenvalue weighted by Gasteiger charge is 2.13. The molecule has 0 fully saturated rings. The Morgan fingerprint density at radius 2 is 1.82 bits per heavy atom. The van der Waals surface area contributed by atoms with E-state index in [1.807, 2.05) is 61.7 Å². The Morgan fingerprint density at radius 1 is 1.07 bits per heavy atom.